The first-order valence-electron chi connectivity index (χ1n) is 3.36. The van der Waals surface area contributed by atoms with Crippen LogP contribution < -0.4 is 4.72 Å². The molecule has 1 aromatic carbocycles. The summed E-state index contributed by atoms with van der Waals surface area (Å²) in [6, 6.07) is 8.23. The zero-order valence-corrected chi connectivity index (χ0v) is 6.86. The molecule has 0 aliphatic heterocycles. The van der Waals surface area contributed by atoms with Gasteiger partial charge >= 0.3 is 0 Å². The van der Waals surface area contributed by atoms with Crippen molar-refractivity contribution < 1.29 is 0 Å². The van der Waals surface area contributed by atoms with Crippen molar-refractivity contribution in [2.75, 3.05) is 4.72 Å². The van der Waals surface area contributed by atoms with Crippen LogP contribution in [0.4, 0.5) is 5.69 Å². The van der Waals surface area contributed by atoms with Crippen molar-refractivity contribution >= 4 is 18.5 Å². The van der Waals surface area contributed by atoms with Crippen molar-refractivity contribution in [2.45, 2.75) is 13.3 Å². The molecule has 0 unspecified atom stereocenters. The molecule has 1 nitrogen and oxygen atoms in total. The summed E-state index contributed by atoms with van der Waals surface area (Å²) in [7, 11) is 0. The predicted octanol–water partition coefficient (Wildman–Crippen LogP) is 2.51. The van der Waals surface area contributed by atoms with Crippen LogP contribution in [0.2, 0.25) is 0 Å². The lowest BCUT2D eigenvalue weighted by molar-refractivity contribution is 1.14. The highest BCUT2D eigenvalue weighted by Crippen LogP contribution is 2.09. The zero-order valence-electron chi connectivity index (χ0n) is 5.96. The van der Waals surface area contributed by atoms with E-state index in [1.54, 1.807) is 0 Å². The first-order valence-corrected chi connectivity index (χ1v) is 3.80. The second-order valence-corrected chi connectivity index (χ2v) is 2.39. The topological polar surface area (TPSA) is 12.0 Å². The molecular formula is C8H11NS. The Labute approximate surface area is 67.0 Å². The molecule has 1 N–H and O–H groups in total. The summed E-state index contributed by atoms with van der Waals surface area (Å²) in [6.45, 7) is 2.14. The molecule has 0 aliphatic carbocycles. The number of thiol groups is 1. The maximum atomic E-state index is 3.92. The van der Waals surface area contributed by atoms with E-state index in [4.69, 9.17) is 0 Å². The highest BCUT2D eigenvalue weighted by Gasteiger charge is 1.87. The van der Waals surface area contributed by atoms with Gasteiger partial charge in [0.15, 0.2) is 0 Å². The lowest BCUT2D eigenvalue weighted by Crippen LogP contribution is -1.81. The third-order valence-corrected chi connectivity index (χ3v) is 1.75. The lowest BCUT2D eigenvalue weighted by atomic mass is 10.2. The summed E-state index contributed by atoms with van der Waals surface area (Å²) in [5.74, 6) is 0. The SMILES string of the molecule is CCc1ccc(NS)cc1. The molecule has 10 heavy (non-hydrogen) atoms. The van der Waals surface area contributed by atoms with E-state index in [1.165, 1.54) is 5.56 Å². The minimum absolute atomic E-state index is 1.04. The van der Waals surface area contributed by atoms with E-state index in [-0.39, 0.29) is 0 Å². The molecule has 2 heteroatoms. The van der Waals surface area contributed by atoms with Gasteiger partial charge in [0, 0.05) is 5.69 Å². The maximum Gasteiger partial charge on any atom is 0.0438 e. The van der Waals surface area contributed by atoms with Gasteiger partial charge in [-0.2, -0.15) is 0 Å². The number of anilines is 1. The van der Waals surface area contributed by atoms with Gasteiger partial charge in [0.1, 0.15) is 0 Å². The molecule has 0 bridgehead atoms. The summed E-state index contributed by atoms with van der Waals surface area (Å²) in [5.41, 5.74) is 2.40. The Hall–Kier alpha value is -0.630. The molecule has 0 saturated carbocycles. The molecule has 0 saturated heterocycles. The smallest absolute Gasteiger partial charge is 0.0438 e. The summed E-state index contributed by atoms with van der Waals surface area (Å²) >= 11 is 3.92. The van der Waals surface area contributed by atoms with Crippen molar-refractivity contribution in [3.8, 4) is 0 Å². The average Bonchev–Trinajstić information content (AvgIpc) is 2.05. The molecule has 0 aromatic heterocycles. The first kappa shape index (κ1) is 7.48. The minimum atomic E-state index is 1.04. The molecule has 54 valence electrons. The Morgan fingerprint density at radius 3 is 2.30 bits per heavy atom. The van der Waals surface area contributed by atoms with E-state index in [2.05, 4.69) is 36.6 Å². The zero-order chi connectivity index (χ0) is 7.40. The Morgan fingerprint density at radius 1 is 1.30 bits per heavy atom. The lowest BCUT2D eigenvalue weighted by Gasteiger charge is -1.98. The summed E-state index contributed by atoms with van der Waals surface area (Å²) < 4.78 is 2.77. The van der Waals surface area contributed by atoms with Crippen molar-refractivity contribution in [3.63, 3.8) is 0 Å². The molecule has 0 fully saturated rings. The van der Waals surface area contributed by atoms with Crippen LogP contribution in [-0.2, 0) is 6.42 Å². The second kappa shape index (κ2) is 3.52. The molecule has 0 heterocycles. The van der Waals surface area contributed by atoms with Gasteiger partial charge < -0.3 is 4.72 Å². The third kappa shape index (κ3) is 1.67. The van der Waals surface area contributed by atoms with Crippen molar-refractivity contribution in [1.82, 2.24) is 0 Å². The van der Waals surface area contributed by atoms with Gasteiger partial charge in [0.05, 0.1) is 0 Å². The Kier molecular flexibility index (Phi) is 2.63. The van der Waals surface area contributed by atoms with Gasteiger partial charge in [-0.1, -0.05) is 31.9 Å². The quantitative estimate of drug-likeness (QED) is 0.622. The largest absolute Gasteiger partial charge is 0.332 e. The van der Waals surface area contributed by atoms with Crippen LogP contribution in [0.1, 0.15) is 12.5 Å². The van der Waals surface area contributed by atoms with Gasteiger partial charge in [-0.3, -0.25) is 0 Å². The van der Waals surface area contributed by atoms with E-state index < -0.39 is 0 Å². The number of rotatable bonds is 2. The number of nitrogens with one attached hydrogen (secondary N) is 1. The Balaban J connectivity index is 2.80. The van der Waals surface area contributed by atoms with E-state index >= 15 is 0 Å². The Morgan fingerprint density at radius 2 is 1.90 bits per heavy atom. The number of benzene rings is 1. The van der Waals surface area contributed by atoms with Crippen molar-refractivity contribution in [1.29, 1.82) is 0 Å². The fourth-order valence-electron chi connectivity index (χ4n) is 0.815. The van der Waals surface area contributed by atoms with Gasteiger partial charge in [-0.25, -0.2) is 0 Å². The highest BCUT2D eigenvalue weighted by molar-refractivity contribution is 7.81. The molecule has 0 radical (unpaired) electrons. The number of aryl methyl sites for hydroxylation is 1. The average molecular weight is 153 g/mol. The third-order valence-electron chi connectivity index (χ3n) is 1.49. The van der Waals surface area contributed by atoms with Crippen molar-refractivity contribution in [3.05, 3.63) is 29.8 Å². The monoisotopic (exact) mass is 153 g/mol. The van der Waals surface area contributed by atoms with Gasteiger partial charge in [-0.15, -0.1) is 0 Å². The molecule has 0 aliphatic rings. The number of hydrogen-bond donors (Lipinski definition) is 2. The van der Waals surface area contributed by atoms with E-state index in [0.29, 0.717) is 0 Å². The highest BCUT2D eigenvalue weighted by atomic mass is 32.1. The Bertz CT molecular complexity index is 170. The summed E-state index contributed by atoms with van der Waals surface area (Å²) in [6.07, 6.45) is 1.09. The molecule has 1 aromatic rings. The maximum absolute atomic E-state index is 3.92. The summed E-state index contributed by atoms with van der Waals surface area (Å²) in [4.78, 5) is 0. The van der Waals surface area contributed by atoms with Crippen LogP contribution in [0.15, 0.2) is 24.3 Å². The van der Waals surface area contributed by atoms with Gasteiger partial charge in [0.25, 0.3) is 0 Å². The molecular weight excluding hydrogens is 142 g/mol. The fraction of sp³-hybridized carbons (Fsp3) is 0.250. The van der Waals surface area contributed by atoms with Crippen LogP contribution in [0.5, 0.6) is 0 Å². The van der Waals surface area contributed by atoms with Gasteiger partial charge in [0.2, 0.25) is 0 Å². The molecule has 0 atom stereocenters. The first-order chi connectivity index (χ1) is 4.86. The minimum Gasteiger partial charge on any atom is -0.332 e. The van der Waals surface area contributed by atoms with Crippen LogP contribution in [0.25, 0.3) is 0 Å². The fourth-order valence-corrected chi connectivity index (χ4v) is 0.964. The van der Waals surface area contributed by atoms with E-state index in [1.807, 2.05) is 12.1 Å². The molecule has 1 rings (SSSR count). The molecule has 0 spiro atoms. The summed E-state index contributed by atoms with van der Waals surface area (Å²) in [5, 5.41) is 0. The van der Waals surface area contributed by atoms with Crippen LogP contribution >= 0.6 is 12.8 Å². The van der Waals surface area contributed by atoms with Crippen LogP contribution in [0, 0.1) is 0 Å². The van der Waals surface area contributed by atoms with E-state index in [0.717, 1.165) is 12.1 Å². The standard InChI is InChI=1S/C8H11NS/c1-2-7-3-5-8(9-10)6-4-7/h3-6,9-10H,2H2,1H3. The van der Waals surface area contributed by atoms with Crippen molar-refractivity contribution in [2.24, 2.45) is 0 Å². The molecule has 0 amide bonds. The van der Waals surface area contributed by atoms with Crippen LogP contribution in [-0.4, -0.2) is 0 Å². The predicted molar refractivity (Wildman–Crippen MR) is 48.4 cm³/mol. The second-order valence-electron chi connectivity index (χ2n) is 2.16. The normalized spacial score (nSPS) is 9.40. The van der Waals surface area contributed by atoms with Crippen LogP contribution in [0.3, 0.4) is 0 Å². The number of hydrogen-bond acceptors (Lipinski definition) is 2. The van der Waals surface area contributed by atoms with E-state index in [9.17, 15) is 0 Å². The van der Waals surface area contributed by atoms with Gasteiger partial charge in [-0.05, 0) is 24.1 Å².